The molecule has 1 unspecified atom stereocenters. The van der Waals surface area contributed by atoms with Crippen LogP contribution in [0.2, 0.25) is 0 Å². The van der Waals surface area contributed by atoms with Crippen molar-refractivity contribution in [1.82, 2.24) is 0 Å². The molecule has 0 radical (unpaired) electrons. The highest BCUT2D eigenvalue weighted by atomic mass is 16.5. The van der Waals surface area contributed by atoms with Gasteiger partial charge in [0.2, 0.25) is 0 Å². The van der Waals surface area contributed by atoms with Gasteiger partial charge in [-0.25, -0.2) is 0 Å². The van der Waals surface area contributed by atoms with Crippen molar-refractivity contribution >= 4 is 5.97 Å². The molecule has 0 saturated carbocycles. The Labute approximate surface area is 94.5 Å². The second kappa shape index (κ2) is 4.88. The van der Waals surface area contributed by atoms with Gasteiger partial charge in [0.15, 0.2) is 11.5 Å². The maximum absolute atomic E-state index is 11.1. The van der Waals surface area contributed by atoms with Crippen molar-refractivity contribution in [3.05, 3.63) is 23.8 Å². The van der Waals surface area contributed by atoms with Crippen molar-refractivity contribution in [2.45, 2.75) is 19.8 Å². The van der Waals surface area contributed by atoms with Crippen molar-refractivity contribution in [2.24, 2.45) is 5.92 Å². The Bertz CT molecular complexity index is 385. The van der Waals surface area contributed by atoms with E-state index in [-0.39, 0.29) is 11.7 Å². The topological polar surface area (TPSA) is 66.8 Å². The summed E-state index contributed by atoms with van der Waals surface area (Å²) in [6, 6.07) is 4.88. The summed E-state index contributed by atoms with van der Waals surface area (Å²) in [6.07, 6.45) is 0. The van der Waals surface area contributed by atoms with E-state index in [9.17, 15) is 9.90 Å². The molecule has 4 heteroatoms. The fourth-order valence-electron chi connectivity index (χ4n) is 1.73. The highest BCUT2D eigenvalue weighted by Crippen LogP contribution is 2.37. The minimum Gasteiger partial charge on any atom is -0.504 e. The number of benzene rings is 1. The van der Waals surface area contributed by atoms with Crippen LogP contribution in [0.25, 0.3) is 0 Å². The first-order valence-corrected chi connectivity index (χ1v) is 5.07. The Morgan fingerprint density at radius 2 is 2.00 bits per heavy atom. The number of phenolic OH excluding ortho intramolecular Hbond substituents is 1. The minimum atomic E-state index is -0.946. The quantitative estimate of drug-likeness (QED) is 0.823. The number of carboxylic acids is 1. The summed E-state index contributed by atoms with van der Waals surface area (Å²) in [5.74, 6) is -1.57. The molecule has 0 fully saturated rings. The predicted molar refractivity (Wildman–Crippen MR) is 59.9 cm³/mol. The van der Waals surface area contributed by atoms with Crippen LogP contribution < -0.4 is 4.74 Å². The lowest BCUT2D eigenvalue weighted by Crippen LogP contribution is -2.17. The lowest BCUT2D eigenvalue weighted by atomic mass is 9.88. The average Bonchev–Trinajstić information content (AvgIpc) is 2.20. The number of para-hydroxylation sites is 1. The van der Waals surface area contributed by atoms with Gasteiger partial charge in [-0.2, -0.15) is 0 Å². The first-order valence-electron chi connectivity index (χ1n) is 5.07. The average molecular weight is 224 g/mol. The third-order valence-electron chi connectivity index (χ3n) is 2.52. The molecular formula is C12H16O4. The molecule has 0 spiro atoms. The van der Waals surface area contributed by atoms with Crippen molar-refractivity contribution in [2.75, 3.05) is 7.11 Å². The van der Waals surface area contributed by atoms with Crippen molar-refractivity contribution in [3.8, 4) is 11.5 Å². The van der Waals surface area contributed by atoms with Gasteiger partial charge in [0.05, 0.1) is 13.0 Å². The number of carbonyl (C=O) groups is 1. The summed E-state index contributed by atoms with van der Waals surface area (Å²) < 4.78 is 4.95. The van der Waals surface area contributed by atoms with Gasteiger partial charge in [0.1, 0.15) is 0 Å². The van der Waals surface area contributed by atoms with Crippen LogP contribution in [0, 0.1) is 5.92 Å². The van der Waals surface area contributed by atoms with Gasteiger partial charge < -0.3 is 14.9 Å². The number of rotatable bonds is 4. The third kappa shape index (κ3) is 2.27. The van der Waals surface area contributed by atoms with E-state index >= 15 is 0 Å². The van der Waals surface area contributed by atoms with E-state index in [1.807, 2.05) is 0 Å². The van der Waals surface area contributed by atoms with E-state index in [2.05, 4.69) is 0 Å². The molecule has 0 aromatic heterocycles. The highest BCUT2D eigenvalue weighted by molar-refractivity contribution is 5.78. The van der Waals surface area contributed by atoms with Crippen molar-refractivity contribution < 1.29 is 19.7 Å². The first-order chi connectivity index (χ1) is 7.49. The summed E-state index contributed by atoms with van der Waals surface area (Å²) >= 11 is 0. The van der Waals surface area contributed by atoms with E-state index in [0.29, 0.717) is 11.3 Å². The van der Waals surface area contributed by atoms with Crippen LogP contribution in [-0.4, -0.2) is 23.3 Å². The Morgan fingerprint density at radius 1 is 1.38 bits per heavy atom. The second-order valence-corrected chi connectivity index (χ2v) is 3.96. The monoisotopic (exact) mass is 224 g/mol. The fourth-order valence-corrected chi connectivity index (χ4v) is 1.73. The molecule has 0 bridgehead atoms. The number of hydrogen-bond donors (Lipinski definition) is 2. The van der Waals surface area contributed by atoms with Crippen LogP contribution in [0.4, 0.5) is 0 Å². The zero-order chi connectivity index (χ0) is 12.3. The zero-order valence-electron chi connectivity index (χ0n) is 9.60. The molecule has 0 heterocycles. The van der Waals surface area contributed by atoms with Crippen LogP contribution in [0.15, 0.2) is 18.2 Å². The lowest BCUT2D eigenvalue weighted by Gasteiger charge is -2.18. The van der Waals surface area contributed by atoms with Crippen LogP contribution in [-0.2, 0) is 4.79 Å². The third-order valence-corrected chi connectivity index (χ3v) is 2.52. The van der Waals surface area contributed by atoms with Gasteiger partial charge in [-0.1, -0.05) is 26.0 Å². The molecule has 1 atom stereocenters. The SMILES string of the molecule is COc1cccc(C(C(=O)O)C(C)C)c1O. The predicted octanol–water partition coefficient (Wildman–Crippen LogP) is 2.23. The summed E-state index contributed by atoms with van der Waals surface area (Å²) in [4.78, 5) is 11.1. The number of phenols is 1. The molecule has 1 aromatic carbocycles. The molecule has 2 N–H and O–H groups in total. The van der Waals surface area contributed by atoms with Gasteiger partial charge >= 0.3 is 5.97 Å². The largest absolute Gasteiger partial charge is 0.504 e. The van der Waals surface area contributed by atoms with Gasteiger partial charge in [-0.05, 0) is 12.0 Å². The van der Waals surface area contributed by atoms with E-state index in [4.69, 9.17) is 9.84 Å². The van der Waals surface area contributed by atoms with Gasteiger partial charge in [-0.3, -0.25) is 4.79 Å². The Kier molecular flexibility index (Phi) is 3.77. The molecule has 0 amide bonds. The Hall–Kier alpha value is -1.71. The summed E-state index contributed by atoms with van der Waals surface area (Å²) in [5, 5.41) is 19.0. The lowest BCUT2D eigenvalue weighted by molar-refractivity contribution is -0.139. The van der Waals surface area contributed by atoms with Crippen molar-refractivity contribution in [3.63, 3.8) is 0 Å². The fraction of sp³-hybridized carbons (Fsp3) is 0.417. The maximum atomic E-state index is 11.1. The molecule has 88 valence electrons. The van der Waals surface area contributed by atoms with E-state index in [1.165, 1.54) is 7.11 Å². The summed E-state index contributed by atoms with van der Waals surface area (Å²) in [7, 11) is 1.43. The van der Waals surface area contributed by atoms with Gasteiger partial charge in [0, 0.05) is 5.56 Å². The molecular weight excluding hydrogens is 208 g/mol. The molecule has 1 aromatic rings. The maximum Gasteiger partial charge on any atom is 0.311 e. The standard InChI is InChI=1S/C12H16O4/c1-7(2)10(12(14)15)8-5-4-6-9(16-3)11(8)13/h4-7,10,13H,1-3H3,(H,14,15). The molecule has 0 aliphatic heterocycles. The van der Waals surface area contributed by atoms with Gasteiger partial charge in [0.25, 0.3) is 0 Å². The highest BCUT2D eigenvalue weighted by Gasteiger charge is 2.27. The molecule has 4 nitrogen and oxygen atoms in total. The molecule has 16 heavy (non-hydrogen) atoms. The summed E-state index contributed by atoms with van der Waals surface area (Å²) in [5.41, 5.74) is 0.391. The van der Waals surface area contributed by atoms with E-state index in [1.54, 1.807) is 32.0 Å². The van der Waals surface area contributed by atoms with Crippen molar-refractivity contribution in [1.29, 1.82) is 0 Å². The van der Waals surface area contributed by atoms with Crippen LogP contribution in [0.5, 0.6) is 11.5 Å². The number of aliphatic carboxylic acids is 1. The van der Waals surface area contributed by atoms with Crippen LogP contribution in [0.3, 0.4) is 0 Å². The normalized spacial score (nSPS) is 12.5. The molecule has 1 rings (SSSR count). The first kappa shape index (κ1) is 12.4. The van der Waals surface area contributed by atoms with Crippen LogP contribution >= 0.6 is 0 Å². The van der Waals surface area contributed by atoms with E-state index < -0.39 is 11.9 Å². The second-order valence-electron chi connectivity index (χ2n) is 3.96. The molecule has 0 aliphatic carbocycles. The zero-order valence-corrected chi connectivity index (χ0v) is 9.60. The number of aromatic hydroxyl groups is 1. The Morgan fingerprint density at radius 3 is 2.44 bits per heavy atom. The number of methoxy groups -OCH3 is 1. The van der Waals surface area contributed by atoms with Crippen LogP contribution in [0.1, 0.15) is 25.3 Å². The number of hydrogen-bond acceptors (Lipinski definition) is 3. The minimum absolute atomic E-state index is 0.0916. The summed E-state index contributed by atoms with van der Waals surface area (Å²) in [6.45, 7) is 3.61. The van der Waals surface area contributed by atoms with E-state index in [0.717, 1.165) is 0 Å². The number of ether oxygens (including phenoxy) is 1. The molecule has 0 saturated heterocycles. The van der Waals surface area contributed by atoms with Gasteiger partial charge in [-0.15, -0.1) is 0 Å². The number of carboxylic acid groups (broad SMARTS) is 1. The molecule has 0 aliphatic rings. The smallest absolute Gasteiger partial charge is 0.311 e. The Balaban J connectivity index is 3.25.